The highest BCUT2D eigenvalue weighted by Crippen LogP contribution is 2.26. The van der Waals surface area contributed by atoms with Crippen LogP contribution in [-0.4, -0.2) is 75.5 Å². The number of nitrogens with two attached hydrogens (primary N) is 1. The van der Waals surface area contributed by atoms with Crippen molar-refractivity contribution in [2.24, 2.45) is 5.73 Å². The minimum Gasteiger partial charge on any atom is -0.475 e. The summed E-state index contributed by atoms with van der Waals surface area (Å²) in [5.41, 5.74) is 8.71. The van der Waals surface area contributed by atoms with Gasteiger partial charge in [-0.2, -0.15) is 31.4 Å². The van der Waals surface area contributed by atoms with Gasteiger partial charge in [0.2, 0.25) is 5.91 Å². The number of rotatable bonds is 5. The third kappa shape index (κ3) is 10.9. The number of alkyl halides is 6. The number of carbonyl (C=O) groups excluding carboxylic acids is 2. The van der Waals surface area contributed by atoms with E-state index in [0.29, 0.717) is 16.8 Å². The second-order valence-corrected chi connectivity index (χ2v) is 8.07. The van der Waals surface area contributed by atoms with E-state index in [1.54, 1.807) is 44.7 Å². The molecule has 1 atom stereocenters. The molecular formula is C24H22F7N5O6. The zero-order valence-corrected chi connectivity index (χ0v) is 21.4. The van der Waals surface area contributed by atoms with Gasteiger partial charge in [0.1, 0.15) is 11.9 Å². The third-order valence-electron chi connectivity index (χ3n) is 4.74. The fraction of sp³-hybridized carbons (Fsp3) is 0.208. The van der Waals surface area contributed by atoms with Gasteiger partial charge in [0.15, 0.2) is 0 Å². The van der Waals surface area contributed by atoms with Crippen LogP contribution in [0.25, 0.3) is 11.1 Å². The molecule has 42 heavy (non-hydrogen) atoms. The summed E-state index contributed by atoms with van der Waals surface area (Å²) in [6.07, 6.45) is -6.82. The van der Waals surface area contributed by atoms with Gasteiger partial charge in [-0.3, -0.25) is 14.7 Å². The molecule has 0 radical (unpaired) electrons. The predicted octanol–water partition coefficient (Wildman–Crippen LogP) is 3.82. The number of hydrogen-bond acceptors (Lipinski definition) is 6. The number of halogens is 7. The normalized spacial score (nSPS) is 11.6. The molecule has 0 saturated heterocycles. The van der Waals surface area contributed by atoms with Gasteiger partial charge >= 0.3 is 24.3 Å². The SMILES string of the molecule is CN(C)C(=O)c1cc(-c2cn[nH]c2)ccc1NC(=O)[C@H](N)c1ccc(F)cc1.O=C(O)C(F)(F)F.O=C(O)C(F)(F)F. The first kappa shape index (κ1) is 35.0. The van der Waals surface area contributed by atoms with E-state index in [0.717, 1.165) is 11.1 Å². The number of carboxylic acid groups (broad SMARTS) is 2. The second-order valence-electron chi connectivity index (χ2n) is 8.07. The summed E-state index contributed by atoms with van der Waals surface area (Å²) < 4.78 is 76.6. The number of hydrogen-bond donors (Lipinski definition) is 5. The number of H-pyrrole nitrogens is 1. The number of amides is 2. The quantitative estimate of drug-likeness (QED) is 0.271. The lowest BCUT2D eigenvalue weighted by molar-refractivity contribution is -0.193. The van der Waals surface area contributed by atoms with Crippen LogP contribution in [0.2, 0.25) is 0 Å². The molecule has 18 heteroatoms. The Kier molecular flexibility index (Phi) is 12.2. The lowest BCUT2D eigenvalue weighted by Crippen LogP contribution is -2.29. The van der Waals surface area contributed by atoms with Gasteiger partial charge < -0.3 is 26.2 Å². The standard InChI is InChI=1S/C20H20FN5O2.2C2HF3O2/c1-26(2)20(28)16-9-13(14-10-23-24-11-14)5-8-17(16)25-19(27)18(22)12-3-6-15(21)7-4-12;2*3-2(4,5)1(6)7/h3-11,18H,22H2,1-2H3,(H,23,24)(H,25,27);2*(H,6,7)/t18-;;/m1../s1. The van der Waals surface area contributed by atoms with E-state index < -0.39 is 42.1 Å². The number of nitrogens with one attached hydrogen (secondary N) is 2. The molecule has 0 fully saturated rings. The molecule has 2 aromatic carbocycles. The number of aromatic amines is 1. The van der Waals surface area contributed by atoms with Gasteiger partial charge in [-0.1, -0.05) is 18.2 Å². The molecule has 0 aliphatic carbocycles. The molecule has 2 amide bonds. The molecule has 11 nitrogen and oxygen atoms in total. The molecule has 0 aliphatic rings. The van der Waals surface area contributed by atoms with Crippen molar-refractivity contribution in [1.82, 2.24) is 15.1 Å². The fourth-order valence-electron chi connectivity index (χ4n) is 2.69. The van der Waals surface area contributed by atoms with Crippen LogP contribution in [0.15, 0.2) is 54.9 Å². The van der Waals surface area contributed by atoms with Gasteiger partial charge in [-0.25, -0.2) is 14.0 Å². The first-order valence-electron chi connectivity index (χ1n) is 11.0. The number of aliphatic carboxylic acids is 2. The predicted molar refractivity (Wildman–Crippen MR) is 131 cm³/mol. The average molecular weight is 609 g/mol. The van der Waals surface area contributed by atoms with Crippen LogP contribution in [0.1, 0.15) is 22.0 Å². The van der Waals surface area contributed by atoms with Crippen LogP contribution in [0, 0.1) is 5.82 Å². The first-order valence-corrected chi connectivity index (χ1v) is 11.0. The summed E-state index contributed by atoms with van der Waals surface area (Å²) in [5.74, 6) is -6.70. The number of benzene rings is 2. The molecule has 0 aliphatic heterocycles. The molecule has 0 unspecified atom stereocenters. The van der Waals surface area contributed by atoms with Crippen molar-refractivity contribution in [2.45, 2.75) is 18.4 Å². The Morgan fingerprint density at radius 1 is 0.905 bits per heavy atom. The van der Waals surface area contributed by atoms with Crippen molar-refractivity contribution in [3.05, 3.63) is 71.8 Å². The molecule has 0 bridgehead atoms. The van der Waals surface area contributed by atoms with Crippen molar-refractivity contribution in [3.63, 3.8) is 0 Å². The molecule has 3 aromatic rings. The molecule has 6 N–H and O–H groups in total. The number of carboxylic acids is 2. The molecule has 228 valence electrons. The maximum Gasteiger partial charge on any atom is 0.490 e. The summed E-state index contributed by atoms with van der Waals surface area (Å²) in [4.78, 5) is 44.4. The summed E-state index contributed by atoms with van der Waals surface area (Å²) in [7, 11) is 3.26. The largest absolute Gasteiger partial charge is 0.490 e. The van der Waals surface area contributed by atoms with Crippen molar-refractivity contribution in [1.29, 1.82) is 0 Å². The Bertz CT molecular complexity index is 1350. The van der Waals surface area contributed by atoms with Gasteiger partial charge in [0, 0.05) is 25.9 Å². The zero-order chi connectivity index (χ0) is 32.4. The van der Waals surface area contributed by atoms with Crippen LogP contribution < -0.4 is 11.1 Å². The molecule has 3 rings (SSSR count). The number of aromatic nitrogens is 2. The van der Waals surface area contributed by atoms with Gasteiger partial charge in [-0.15, -0.1) is 0 Å². The van der Waals surface area contributed by atoms with Crippen LogP contribution in [0.4, 0.5) is 36.4 Å². The van der Waals surface area contributed by atoms with Gasteiger partial charge in [0.05, 0.1) is 17.4 Å². The number of anilines is 1. The Morgan fingerprint density at radius 2 is 1.40 bits per heavy atom. The van der Waals surface area contributed by atoms with Crippen LogP contribution >= 0.6 is 0 Å². The molecular weight excluding hydrogens is 587 g/mol. The summed E-state index contributed by atoms with van der Waals surface area (Å²) in [6, 6.07) is 9.49. The molecule has 1 heterocycles. The minimum atomic E-state index is -5.08. The third-order valence-corrected chi connectivity index (χ3v) is 4.74. The highest BCUT2D eigenvalue weighted by atomic mass is 19.4. The van der Waals surface area contributed by atoms with E-state index >= 15 is 0 Å². The number of carbonyl (C=O) groups is 4. The smallest absolute Gasteiger partial charge is 0.475 e. The van der Waals surface area contributed by atoms with E-state index in [2.05, 4.69) is 15.5 Å². The maximum atomic E-state index is 13.1. The van der Waals surface area contributed by atoms with E-state index in [4.69, 9.17) is 25.5 Å². The zero-order valence-electron chi connectivity index (χ0n) is 21.4. The van der Waals surface area contributed by atoms with E-state index in [1.165, 1.54) is 29.2 Å². The van der Waals surface area contributed by atoms with E-state index in [-0.39, 0.29) is 5.91 Å². The van der Waals surface area contributed by atoms with Crippen LogP contribution in [0.3, 0.4) is 0 Å². The van der Waals surface area contributed by atoms with Crippen LogP contribution in [-0.2, 0) is 14.4 Å². The van der Waals surface area contributed by atoms with Crippen LogP contribution in [0.5, 0.6) is 0 Å². The number of nitrogens with zero attached hydrogens (tertiary/aromatic N) is 2. The molecule has 0 spiro atoms. The van der Waals surface area contributed by atoms with Gasteiger partial charge in [-0.05, 0) is 35.4 Å². The van der Waals surface area contributed by atoms with E-state index in [1.807, 2.05) is 0 Å². The molecule has 0 saturated carbocycles. The Morgan fingerprint density at radius 3 is 1.81 bits per heavy atom. The van der Waals surface area contributed by atoms with Crippen molar-refractivity contribution < 1.29 is 60.1 Å². The minimum absolute atomic E-state index is 0.268. The Labute approximate surface area is 231 Å². The topological polar surface area (TPSA) is 179 Å². The summed E-state index contributed by atoms with van der Waals surface area (Å²) in [5, 5.41) is 23.6. The van der Waals surface area contributed by atoms with Crippen molar-refractivity contribution in [3.8, 4) is 11.1 Å². The highest BCUT2D eigenvalue weighted by molar-refractivity contribution is 6.05. The van der Waals surface area contributed by atoms with E-state index in [9.17, 15) is 40.3 Å². The maximum absolute atomic E-state index is 13.1. The van der Waals surface area contributed by atoms with Gasteiger partial charge in [0.25, 0.3) is 5.91 Å². The van der Waals surface area contributed by atoms with Crippen molar-refractivity contribution in [2.75, 3.05) is 19.4 Å². The average Bonchev–Trinajstić information content (AvgIpc) is 3.43. The monoisotopic (exact) mass is 609 g/mol. The lowest BCUT2D eigenvalue weighted by Gasteiger charge is -2.18. The lowest BCUT2D eigenvalue weighted by atomic mass is 10.0. The Balaban J connectivity index is 0.000000522. The molecule has 1 aromatic heterocycles. The fourth-order valence-corrected chi connectivity index (χ4v) is 2.69. The summed E-state index contributed by atoms with van der Waals surface area (Å²) >= 11 is 0. The van der Waals surface area contributed by atoms with Crippen molar-refractivity contribution >= 4 is 29.4 Å². The summed E-state index contributed by atoms with van der Waals surface area (Å²) in [6.45, 7) is 0. The second kappa shape index (κ2) is 14.6. The highest BCUT2D eigenvalue weighted by Gasteiger charge is 2.38. The first-order chi connectivity index (χ1) is 19.2. The Hall–Kier alpha value is -5.00.